The average molecular weight is 392 g/mol. The number of aromatic nitrogens is 6. The van der Waals surface area contributed by atoms with Gasteiger partial charge in [0.15, 0.2) is 0 Å². The molecule has 29 heavy (non-hydrogen) atoms. The molecule has 3 heterocycles. The van der Waals surface area contributed by atoms with Crippen molar-refractivity contribution in [1.29, 1.82) is 0 Å². The van der Waals surface area contributed by atoms with E-state index in [9.17, 15) is 4.79 Å². The second kappa shape index (κ2) is 8.19. The molecule has 0 radical (unpaired) electrons. The Balaban J connectivity index is 1.58. The van der Waals surface area contributed by atoms with Crippen LogP contribution in [0.3, 0.4) is 0 Å². The summed E-state index contributed by atoms with van der Waals surface area (Å²) in [6.07, 6.45) is 6.12. The molecule has 3 aromatic heterocycles. The summed E-state index contributed by atoms with van der Waals surface area (Å²) >= 11 is 0. The van der Waals surface area contributed by atoms with Crippen molar-refractivity contribution in [1.82, 2.24) is 29.7 Å². The molecule has 0 saturated heterocycles. The third kappa shape index (κ3) is 4.30. The topological polar surface area (TPSA) is 101 Å². The molecule has 9 nitrogen and oxygen atoms in total. The van der Waals surface area contributed by atoms with Crippen LogP contribution in [-0.2, 0) is 24.6 Å². The molecule has 0 fully saturated rings. The van der Waals surface area contributed by atoms with Crippen molar-refractivity contribution in [3.05, 3.63) is 76.3 Å². The lowest BCUT2D eigenvalue weighted by Gasteiger charge is -2.06. The molecule has 0 saturated carbocycles. The molecule has 9 heteroatoms. The van der Waals surface area contributed by atoms with Gasteiger partial charge in [-0.05, 0) is 11.6 Å². The number of aryl methyl sites for hydroxylation is 1. The molecule has 0 unspecified atom stereocenters. The van der Waals surface area contributed by atoms with Gasteiger partial charge in [-0.25, -0.2) is 4.68 Å². The Hall–Kier alpha value is -3.59. The maximum absolute atomic E-state index is 12.3. The van der Waals surface area contributed by atoms with Crippen molar-refractivity contribution < 1.29 is 9.26 Å². The molecule has 0 N–H and O–H groups in total. The maximum Gasteiger partial charge on any atom is 0.229 e. The first-order valence-corrected chi connectivity index (χ1v) is 9.11. The number of rotatable bonds is 7. The fraction of sp³-hybridized carbons (Fsp3) is 0.250. The first-order valence-electron chi connectivity index (χ1n) is 9.11. The zero-order chi connectivity index (χ0) is 20.2. The van der Waals surface area contributed by atoms with Crippen molar-refractivity contribution in [3.63, 3.8) is 0 Å². The molecule has 1 aromatic carbocycles. The van der Waals surface area contributed by atoms with Gasteiger partial charge in [0, 0.05) is 38.4 Å². The van der Waals surface area contributed by atoms with Gasteiger partial charge in [0.05, 0.1) is 25.4 Å². The SMILES string of the molecule is COCCc1nc(-c2cccc(Cc3nn(-c4cnn(C)c4)ccc3=O)c2)no1. The van der Waals surface area contributed by atoms with E-state index < -0.39 is 0 Å². The maximum atomic E-state index is 12.3. The molecule has 148 valence electrons. The molecule has 0 aliphatic rings. The Kier molecular flexibility index (Phi) is 5.30. The standard InChI is InChI=1S/C20H20N6O3/c1-25-13-16(12-21-25)26-8-6-18(27)17(23-26)11-14-4-3-5-15(10-14)20-22-19(29-24-20)7-9-28-2/h3-6,8,10,12-13H,7,9,11H2,1-2H3. The van der Waals surface area contributed by atoms with Gasteiger partial charge in [0.1, 0.15) is 11.4 Å². The van der Waals surface area contributed by atoms with Crippen molar-refractivity contribution >= 4 is 0 Å². The van der Waals surface area contributed by atoms with E-state index in [-0.39, 0.29) is 5.43 Å². The van der Waals surface area contributed by atoms with Gasteiger partial charge in [-0.2, -0.15) is 15.2 Å². The molecule has 0 amide bonds. The van der Waals surface area contributed by atoms with Crippen LogP contribution in [-0.4, -0.2) is 43.4 Å². The molecule has 4 rings (SSSR count). The van der Waals surface area contributed by atoms with E-state index in [1.807, 2.05) is 37.5 Å². The summed E-state index contributed by atoms with van der Waals surface area (Å²) < 4.78 is 13.6. The van der Waals surface area contributed by atoms with Crippen molar-refractivity contribution in [2.24, 2.45) is 7.05 Å². The summed E-state index contributed by atoms with van der Waals surface area (Å²) in [4.78, 5) is 16.7. The van der Waals surface area contributed by atoms with E-state index in [1.54, 1.807) is 28.9 Å². The minimum absolute atomic E-state index is 0.114. The highest BCUT2D eigenvalue weighted by atomic mass is 16.5. The molecule has 0 spiro atoms. The Labute approximate surface area is 166 Å². The first-order chi connectivity index (χ1) is 14.1. The van der Waals surface area contributed by atoms with Gasteiger partial charge in [-0.1, -0.05) is 23.4 Å². The number of benzene rings is 1. The lowest BCUT2D eigenvalue weighted by molar-refractivity contribution is 0.192. The number of methoxy groups -OCH3 is 1. The van der Waals surface area contributed by atoms with E-state index in [2.05, 4.69) is 20.3 Å². The third-order valence-corrected chi connectivity index (χ3v) is 4.38. The zero-order valence-electron chi connectivity index (χ0n) is 16.1. The van der Waals surface area contributed by atoms with Crippen LogP contribution < -0.4 is 5.43 Å². The van der Waals surface area contributed by atoms with Gasteiger partial charge in [0.2, 0.25) is 17.1 Å². The number of hydrogen-bond acceptors (Lipinski definition) is 7. The van der Waals surface area contributed by atoms with Gasteiger partial charge < -0.3 is 9.26 Å². The highest BCUT2D eigenvalue weighted by molar-refractivity contribution is 5.55. The zero-order valence-corrected chi connectivity index (χ0v) is 16.1. The second-order valence-electron chi connectivity index (χ2n) is 6.58. The summed E-state index contributed by atoms with van der Waals surface area (Å²) in [7, 11) is 3.46. The summed E-state index contributed by atoms with van der Waals surface area (Å²) in [5.74, 6) is 1.03. The van der Waals surface area contributed by atoms with Crippen molar-refractivity contribution in [2.45, 2.75) is 12.8 Å². The van der Waals surface area contributed by atoms with E-state index in [1.165, 1.54) is 6.07 Å². The largest absolute Gasteiger partial charge is 0.384 e. The first kappa shape index (κ1) is 18.8. The Bertz CT molecular complexity index is 1180. The van der Waals surface area contributed by atoms with Gasteiger partial charge in [-0.15, -0.1) is 0 Å². The summed E-state index contributed by atoms with van der Waals surface area (Å²) in [6.45, 7) is 0.518. The van der Waals surface area contributed by atoms with E-state index in [4.69, 9.17) is 9.26 Å². The number of hydrogen-bond donors (Lipinski definition) is 0. The predicted molar refractivity (Wildman–Crippen MR) is 105 cm³/mol. The highest BCUT2D eigenvalue weighted by Gasteiger charge is 2.11. The third-order valence-electron chi connectivity index (χ3n) is 4.38. The fourth-order valence-corrected chi connectivity index (χ4v) is 2.92. The van der Waals surface area contributed by atoms with Crippen LogP contribution in [0.15, 0.2) is 58.2 Å². The molecular formula is C20H20N6O3. The van der Waals surface area contributed by atoms with Crippen LogP contribution >= 0.6 is 0 Å². The minimum Gasteiger partial charge on any atom is -0.384 e. The van der Waals surface area contributed by atoms with Crippen LogP contribution in [0.4, 0.5) is 0 Å². The Morgan fingerprint density at radius 3 is 2.93 bits per heavy atom. The van der Waals surface area contributed by atoms with Crippen LogP contribution in [0.25, 0.3) is 17.1 Å². The van der Waals surface area contributed by atoms with E-state index in [0.29, 0.717) is 36.9 Å². The quantitative estimate of drug-likeness (QED) is 0.473. The Morgan fingerprint density at radius 1 is 1.24 bits per heavy atom. The van der Waals surface area contributed by atoms with E-state index in [0.717, 1.165) is 16.8 Å². The summed E-state index contributed by atoms with van der Waals surface area (Å²) in [5, 5.41) is 12.6. The molecule has 0 bridgehead atoms. The normalized spacial score (nSPS) is 11.1. The molecule has 0 aliphatic carbocycles. The Morgan fingerprint density at radius 2 is 2.14 bits per heavy atom. The lowest BCUT2D eigenvalue weighted by Crippen LogP contribution is -2.16. The van der Waals surface area contributed by atoms with Crippen LogP contribution in [0.5, 0.6) is 0 Å². The van der Waals surface area contributed by atoms with Crippen LogP contribution in [0.2, 0.25) is 0 Å². The molecule has 0 aliphatic heterocycles. The van der Waals surface area contributed by atoms with Crippen LogP contribution in [0, 0.1) is 0 Å². The smallest absolute Gasteiger partial charge is 0.229 e. The summed E-state index contributed by atoms with van der Waals surface area (Å²) in [6, 6.07) is 9.20. The summed E-state index contributed by atoms with van der Waals surface area (Å²) in [5.41, 5.74) is 2.87. The van der Waals surface area contributed by atoms with E-state index >= 15 is 0 Å². The highest BCUT2D eigenvalue weighted by Crippen LogP contribution is 2.19. The second-order valence-corrected chi connectivity index (χ2v) is 6.58. The predicted octanol–water partition coefficient (Wildman–Crippen LogP) is 1.80. The van der Waals surface area contributed by atoms with Crippen molar-refractivity contribution in [2.75, 3.05) is 13.7 Å². The monoisotopic (exact) mass is 392 g/mol. The van der Waals surface area contributed by atoms with Gasteiger partial charge >= 0.3 is 0 Å². The van der Waals surface area contributed by atoms with Crippen molar-refractivity contribution in [3.8, 4) is 17.1 Å². The fourth-order valence-electron chi connectivity index (χ4n) is 2.92. The average Bonchev–Trinajstić information content (AvgIpc) is 3.37. The minimum atomic E-state index is -0.114. The molecular weight excluding hydrogens is 372 g/mol. The molecule has 4 aromatic rings. The van der Waals surface area contributed by atoms with Gasteiger partial charge in [0.25, 0.3) is 0 Å². The van der Waals surface area contributed by atoms with Crippen LogP contribution in [0.1, 0.15) is 17.1 Å². The lowest BCUT2D eigenvalue weighted by atomic mass is 10.1. The number of ether oxygens (including phenoxy) is 1. The number of nitrogens with zero attached hydrogens (tertiary/aromatic N) is 6. The molecule has 0 atom stereocenters. The van der Waals surface area contributed by atoms with Gasteiger partial charge in [-0.3, -0.25) is 9.48 Å².